The Kier molecular flexibility index (Phi) is 4.90. The van der Waals surface area contributed by atoms with Crippen LogP contribution in [0.3, 0.4) is 0 Å². The van der Waals surface area contributed by atoms with Crippen molar-refractivity contribution in [1.82, 2.24) is 4.90 Å². The van der Waals surface area contributed by atoms with E-state index in [9.17, 15) is 9.18 Å². The number of hydrogen-bond acceptors (Lipinski definition) is 3. The zero-order chi connectivity index (χ0) is 15.2. The molecule has 110 valence electrons. The average Bonchev–Trinajstić information content (AvgIpc) is 2.47. The van der Waals surface area contributed by atoms with Gasteiger partial charge in [0.25, 0.3) is 5.91 Å². The zero-order valence-corrected chi connectivity index (χ0v) is 11.5. The zero-order valence-electron chi connectivity index (χ0n) is 11.5. The van der Waals surface area contributed by atoms with Gasteiger partial charge in [-0.2, -0.15) is 0 Å². The molecule has 5 heteroatoms. The van der Waals surface area contributed by atoms with Gasteiger partial charge in [-0.05, 0) is 23.8 Å². The van der Waals surface area contributed by atoms with Crippen LogP contribution in [0.2, 0.25) is 0 Å². The Labute approximate surface area is 122 Å². The molecular formula is C16H17FN2O2. The van der Waals surface area contributed by atoms with Crippen molar-refractivity contribution in [1.29, 1.82) is 0 Å². The van der Waals surface area contributed by atoms with E-state index in [1.54, 1.807) is 0 Å². The van der Waals surface area contributed by atoms with Crippen LogP contribution in [0, 0.1) is 5.82 Å². The van der Waals surface area contributed by atoms with Crippen LogP contribution in [0.25, 0.3) is 0 Å². The van der Waals surface area contributed by atoms with Crippen molar-refractivity contribution < 1.29 is 14.3 Å². The normalized spacial score (nSPS) is 10.4. The van der Waals surface area contributed by atoms with Crippen LogP contribution >= 0.6 is 0 Å². The number of carbonyl (C=O) groups excluding carboxylic acids is 1. The summed E-state index contributed by atoms with van der Waals surface area (Å²) in [5.41, 5.74) is 6.61. The lowest BCUT2D eigenvalue weighted by molar-refractivity contribution is 0.0703. The first-order chi connectivity index (χ1) is 10.1. The Hall–Kier alpha value is -2.40. The molecule has 0 atom stereocenters. The molecular weight excluding hydrogens is 271 g/mol. The number of hydrogen-bond donors (Lipinski definition) is 2. The predicted octanol–water partition coefficient (Wildman–Crippen LogP) is 2.04. The fraction of sp³-hybridized carbons (Fsp3) is 0.188. The predicted molar refractivity (Wildman–Crippen MR) is 79.1 cm³/mol. The van der Waals surface area contributed by atoms with Crippen molar-refractivity contribution in [2.75, 3.05) is 18.9 Å². The summed E-state index contributed by atoms with van der Waals surface area (Å²) in [6.45, 7) is 0.261. The lowest BCUT2D eigenvalue weighted by Gasteiger charge is -2.22. The summed E-state index contributed by atoms with van der Waals surface area (Å²) in [6.07, 6.45) is 0. The van der Waals surface area contributed by atoms with Crippen LogP contribution in [0.1, 0.15) is 15.9 Å². The van der Waals surface area contributed by atoms with E-state index in [1.165, 1.54) is 17.0 Å². The van der Waals surface area contributed by atoms with Crippen LogP contribution < -0.4 is 5.73 Å². The number of amides is 1. The number of nitrogens with zero attached hydrogens (tertiary/aromatic N) is 1. The Bertz CT molecular complexity index is 617. The van der Waals surface area contributed by atoms with Gasteiger partial charge in [0.1, 0.15) is 5.82 Å². The third kappa shape index (κ3) is 3.79. The minimum atomic E-state index is -0.656. The van der Waals surface area contributed by atoms with Crippen molar-refractivity contribution in [3.63, 3.8) is 0 Å². The lowest BCUT2D eigenvalue weighted by atomic mass is 10.1. The van der Waals surface area contributed by atoms with E-state index in [0.29, 0.717) is 6.54 Å². The molecule has 0 saturated heterocycles. The summed E-state index contributed by atoms with van der Waals surface area (Å²) in [5, 5.41) is 9.12. The molecule has 0 bridgehead atoms. The fourth-order valence-electron chi connectivity index (χ4n) is 2.05. The number of nitrogen functional groups attached to an aromatic ring is 1. The minimum Gasteiger partial charge on any atom is -0.399 e. The maximum absolute atomic E-state index is 13.9. The molecule has 0 radical (unpaired) electrons. The van der Waals surface area contributed by atoms with E-state index in [-0.39, 0.29) is 24.4 Å². The Morgan fingerprint density at radius 2 is 1.90 bits per heavy atom. The summed E-state index contributed by atoms with van der Waals surface area (Å²) in [4.78, 5) is 13.8. The molecule has 0 aromatic heterocycles. The van der Waals surface area contributed by atoms with Gasteiger partial charge in [0.2, 0.25) is 0 Å². The molecule has 0 heterocycles. The van der Waals surface area contributed by atoms with Crippen LogP contribution in [-0.2, 0) is 6.54 Å². The van der Waals surface area contributed by atoms with Crippen molar-refractivity contribution in [3.8, 4) is 0 Å². The van der Waals surface area contributed by atoms with Gasteiger partial charge in [-0.3, -0.25) is 4.79 Å². The quantitative estimate of drug-likeness (QED) is 0.827. The maximum atomic E-state index is 13.9. The molecule has 2 rings (SSSR count). The number of anilines is 1. The Morgan fingerprint density at radius 3 is 2.52 bits per heavy atom. The number of halogens is 1. The SMILES string of the molecule is Nc1ccc(C(=O)N(CCO)Cc2ccccc2)c(F)c1. The second-order valence-corrected chi connectivity index (χ2v) is 4.68. The molecule has 21 heavy (non-hydrogen) atoms. The van der Waals surface area contributed by atoms with Crippen LogP contribution in [0.4, 0.5) is 10.1 Å². The summed E-state index contributed by atoms with van der Waals surface area (Å²) in [5.74, 6) is -1.12. The highest BCUT2D eigenvalue weighted by molar-refractivity contribution is 5.94. The van der Waals surface area contributed by atoms with Gasteiger partial charge in [-0.1, -0.05) is 30.3 Å². The number of benzene rings is 2. The summed E-state index contributed by atoms with van der Waals surface area (Å²) < 4.78 is 13.9. The number of rotatable bonds is 5. The lowest BCUT2D eigenvalue weighted by Crippen LogP contribution is -2.33. The molecule has 0 aliphatic rings. The molecule has 0 spiro atoms. The van der Waals surface area contributed by atoms with E-state index in [4.69, 9.17) is 10.8 Å². The van der Waals surface area contributed by atoms with E-state index >= 15 is 0 Å². The molecule has 0 unspecified atom stereocenters. The van der Waals surface area contributed by atoms with Gasteiger partial charge in [0.15, 0.2) is 0 Å². The minimum absolute atomic E-state index is 0.0476. The summed E-state index contributed by atoms with van der Waals surface area (Å²) in [7, 11) is 0. The van der Waals surface area contributed by atoms with E-state index < -0.39 is 11.7 Å². The number of aliphatic hydroxyl groups excluding tert-OH is 1. The van der Waals surface area contributed by atoms with Gasteiger partial charge >= 0.3 is 0 Å². The molecule has 3 N–H and O–H groups in total. The van der Waals surface area contributed by atoms with Crippen LogP contribution in [0.5, 0.6) is 0 Å². The largest absolute Gasteiger partial charge is 0.399 e. The molecule has 4 nitrogen and oxygen atoms in total. The highest BCUT2D eigenvalue weighted by Gasteiger charge is 2.19. The second kappa shape index (κ2) is 6.85. The topological polar surface area (TPSA) is 66.6 Å². The van der Waals surface area contributed by atoms with E-state index in [1.807, 2.05) is 30.3 Å². The number of carbonyl (C=O) groups is 1. The monoisotopic (exact) mass is 288 g/mol. The third-order valence-corrected chi connectivity index (χ3v) is 3.10. The molecule has 0 aliphatic heterocycles. The highest BCUT2D eigenvalue weighted by atomic mass is 19.1. The van der Waals surface area contributed by atoms with Crippen LogP contribution in [-0.4, -0.2) is 29.1 Å². The standard InChI is InChI=1S/C16H17FN2O2/c17-15-10-13(18)6-7-14(15)16(21)19(8-9-20)11-12-4-2-1-3-5-12/h1-7,10,20H,8-9,11,18H2. The van der Waals surface area contributed by atoms with E-state index in [0.717, 1.165) is 11.6 Å². The van der Waals surface area contributed by atoms with E-state index in [2.05, 4.69) is 0 Å². The molecule has 2 aromatic rings. The first-order valence-corrected chi connectivity index (χ1v) is 6.61. The van der Waals surface area contributed by atoms with Gasteiger partial charge in [0, 0.05) is 18.8 Å². The Balaban J connectivity index is 2.23. The smallest absolute Gasteiger partial charge is 0.257 e. The molecule has 1 amide bonds. The molecule has 0 saturated carbocycles. The highest BCUT2D eigenvalue weighted by Crippen LogP contribution is 2.16. The van der Waals surface area contributed by atoms with Gasteiger partial charge in [-0.25, -0.2) is 4.39 Å². The number of aliphatic hydroxyl groups is 1. The average molecular weight is 288 g/mol. The van der Waals surface area contributed by atoms with Gasteiger partial charge in [-0.15, -0.1) is 0 Å². The summed E-state index contributed by atoms with van der Waals surface area (Å²) in [6, 6.07) is 13.3. The third-order valence-electron chi connectivity index (χ3n) is 3.10. The van der Waals surface area contributed by atoms with Gasteiger partial charge in [0.05, 0.1) is 12.2 Å². The fourth-order valence-corrected chi connectivity index (χ4v) is 2.05. The molecule has 0 fully saturated rings. The molecule has 0 aliphatic carbocycles. The van der Waals surface area contributed by atoms with Crippen molar-refractivity contribution in [2.24, 2.45) is 0 Å². The van der Waals surface area contributed by atoms with Crippen molar-refractivity contribution >= 4 is 11.6 Å². The maximum Gasteiger partial charge on any atom is 0.257 e. The second-order valence-electron chi connectivity index (χ2n) is 4.68. The Morgan fingerprint density at radius 1 is 1.19 bits per heavy atom. The number of nitrogens with two attached hydrogens (primary N) is 1. The first kappa shape index (κ1) is 15.0. The first-order valence-electron chi connectivity index (χ1n) is 6.61. The molecule has 2 aromatic carbocycles. The van der Waals surface area contributed by atoms with Crippen LogP contribution in [0.15, 0.2) is 48.5 Å². The van der Waals surface area contributed by atoms with Gasteiger partial charge < -0.3 is 15.7 Å². The van der Waals surface area contributed by atoms with Crippen molar-refractivity contribution in [2.45, 2.75) is 6.54 Å². The summed E-state index contributed by atoms with van der Waals surface area (Å²) >= 11 is 0. The van der Waals surface area contributed by atoms with Crippen molar-refractivity contribution in [3.05, 3.63) is 65.5 Å².